The van der Waals surface area contributed by atoms with Crippen LogP contribution < -0.4 is 23.7 Å². The van der Waals surface area contributed by atoms with Crippen LogP contribution >= 0.6 is 0 Å². The van der Waals surface area contributed by atoms with Crippen molar-refractivity contribution in [2.45, 2.75) is 63.9 Å². The Bertz CT molecular complexity index is 1310. The molecule has 40 heavy (non-hydrogen) atoms. The summed E-state index contributed by atoms with van der Waals surface area (Å²) in [5.74, 6) is 0.475. The Morgan fingerprint density at radius 1 is 0.875 bits per heavy atom. The van der Waals surface area contributed by atoms with Gasteiger partial charge in [-0.3, -0.25) is 9.59 Å². The van der Waals surface area contributed by atoms with Gasteiger partial charge < -0.3 is 28.4 Å². The smallest absolute Gasteiger partial charge is 0.342 e. The van der Waals surface area contributed by atoms with E-state index in [0.717, 1.165) is 0 Å². The first-order valence-corrected chi connectivity index (χ1v) is 13.5. The number of carbonyl (C=O) groups is 3. The molecule has 0 spiro atoms. The SMILES string of the molecule is COc1ccc(C2CC(=O)Oc3cc4c(c(OC)c32)C(=O)O[C@@H](C)CCCC(=O)CCCC=C4)c(OC)c1OC. The van der Waals surface area contributed by atoms with E-state index in [-0.39, 0.29) is 29.3 Å². The number of hydrogen-bond donors (Lipinski definition) is 0. The van der Waals surface area contributed by atoms with Gasteiger partial charge in [0, 0.05) is 29.9 Å². The average Bonchev–Trinajstić information content (AvgIpc) is 2.94. The van der Waals surface area contributed by atoms with Crippen molar-refractivity contribution in [2.24, 2.45) is 0 Å². The van der Waals surface area contributed by atoms with Crippen LogP contribution in [0.5, 0.6) is 28.7 Å². The molecule has 2 heterocycles. The predicted octanol–water partition coefficient (Wildman–Crippen LogP) is 5.64. The van der Waals surface area contributed by atoms with Crippen LogP contribution in [0.4, 0.5) is 0 Å². The summed E-state index contributed by atoms with van der Waals surface area (Å²) in [5.41, 5.74) is 1.94. The molecule has 0 bridgehead atoms. The summed E-state index contributed by atoms with van der Waals surface area (Å²) in [5, 5.41) is 0. The summed E-state index contributed by atoms with van der Waals surface area (Å²) >= 11 is 0. The molecule has 9 heteroatoms. The maximum atomic E-state index is 13.7. The van der Waals surface area contributed by atoms with Crippen LogP contribution in [0.2, 0.25) is 0 Å². The highest BCUT2D eigenvalue weighted by Gasteiger charge is 2.38. The van der Waals surface area contributed by atoms with Gasteiger partial charge >= 0.3 is 11.9 Å². The summed E-state index contributed by atoms with van der Waals surface area (Å²) in [6, 6.07) is 5.22. The van der Waals surface area contributed by atoms with Crippen LogP contribution in [-0.4, -0.2) is 52.3 Å². The van der Waals surface area contributed by atoms with E-state index in [1.165, 1.54) is 28.4 Å². The Hall–Kier alpha value is -4.01. The molecular weight excluding hydrogens is 516 g/mol. The molecule has 2 aromatic rings. The average molecular weight is 553 g/mol. The third kappa shape index (κ3) is 5.93. The van der Waals surface area contributed by atoms with Gasteiger partial charge in [0.1, 0.15) is 22.8 Å². The highest BCUT2D eigenvalue weighted by atomic mass is 16.6. The molecule has 0 aromatic heterocycles. The Morgan fingerprint density at radius 2 is 1.60 bits per heavy atom. The third-order valence-corrected chi connectivity index (χ3v) is 7.27. The number of ether oxygens (including phenoxy) is 6. The largest absolute Gasteiger partial charge is 0.495 e. The van der Waals surface area contributed by atoms with Gasteiger partial charge in [0.05, 0.1) is 41.0 Å². The van der Waals surface area contributed by atoms with Crippen molar-refractivity contribution in [1.29, 1.82) is 0 Å². The molecule has 0 saturated carbocycles. The fourth-order valence-electron chi connectivity index (χ4n) is 5.37. The molecule has 0 amide bonds. The minimum absolute atomic E-state index is 0.0106. The normalized spacial score (nSPS) is 19.9. The first-order valence-electron chi connectivity index (χ1n) is 13.5. The van der Waals surface area contributed by atoms with Gasteiger partial charge in [0.25, 0.3) is 0 Å². The van der Waals surface area contributed by atoms with Crippen molar-refractivity contribution in [2.75, 3.05) is 28.4 Å². The number of methoxy groups -OCH3 is 4. The molecule has 2 aliphatic rings. The second-order valence-corrected chi connectivity index (χ2v) is 9.88. The number of rotatable bonds is 5. The zero-order valence-corrected chi connectivity index (χ0v) is 23.7. The lowest BCUT2D eigenvalue weighted by Gasteiger charge is -2.30. The van der Waals surface area contributed by atoms with Gasteiger partial charge in [-0.05, 0) is 50.3 Å². The molecule has 0 N–H and O–H groups in total. The van der Waals surface area contributed by atoms with Crippen LogP contribution in [0.25, 0.3) is 6.08 Å². The first-order chi connectivity index (χ1) is 19.3. The summed E-state index contributed by atoms with van der Waals surface area (Å²) in [4.78, 5) is 38.7. The third-order valence-electron chi connectivity index (χ3n) is 7.27. The minimum Gasteiger partial charge on any atom is -0.495 e. The lowest BCUT2D eigenvalue weighted by molar-refractivity contribution is -0.135. The van der Waals surface area contributed by atoms with E-state index in [0.29, 0.717) is 72.5 Å². The Morgan fingerprint density at radius 3 is 2.30 bits per heavy atom. The summed E-state index contributed by atoms with van der Waals surface area (Å²) < 4.78 is 34.2. The second-order valence-electron chi connectivity index (χ2n) is 9.88. The van der Waals surface area contributed by atoms with Crippen LogP contribution in [0, 0.1) is 0 Å². The molecule has 0 saturated heterocycles. The number of ketones is 1. The van der Waals surface area contributed by atoms with Crippen LogP contribution in [0.1, 0.15) is 84.8 Å². The molecule has 4 rings (SSSR count). The topological polar surface area (TPSA) is 107 Å². The summed E-state index contributed by atoms with van der Waals surface area (Å²) in [6.45, 7) is 1.81. The van der Waals surface area contributed by atoms with Crippen LogP contribution in [0.3, 0.4) is 0 Å². The van der Waals surface area contributed by atoms with E-state index >= 15 is 0 Å². The molecule has 0 radical (unpaired) electrons. The van der Waals surface area contributed by atoms with E-state index in [1.54, 1.807) is 24.3 Å². The van der Waals surface area contributed by atoms with Crippen LogP contribution in [-0.2, 0) is 14.3 Å². The number of hydrogen-bond acceptors (Lipinski definition) is 9. The molecule has 9 nitrogen and oxygen atoms in total. The zero-order chi connectivity index (χ0) is 28.8. The fraction of sp³-hybridized carbons (Fsp3) is 0.452. The Kier molecular flexibility index (Phi) is 9.34. The zero-order valence-electron chi connectivity index (χ0n) is 23.7. The van der Waals surface area contributed by atoms with E-state index in [9.17, 15) is 14.4 Å². The van der Waals surface area contributed by atoms with Crippen molar-refractivity contribution in [3.8, 4) is 28.7 Å². The van der Waals surface area contributed by atoms with Gasteiger partial charge in [-0.15, -0.1) is 0 Å². The fourth-order valence-corrected chi connectivity index (χ4v) is 5.37. The second kappa shape index (κ2) is 12.9. The van der Waals surface area contributed by atoms with Gasteiger partial charge in [0.15, 0.2) is 11.5 Å². The lowest BCUT2D eigenvalue weighted by atomic mass is 9.82. The molecular formula is C31H36O9. The molecule has 214 valence electrons. The highest BCUT2D eigenvalue weighted by molar-refractivity contribution is 5.99. The Balaban J connectivity index is 1.92. The number of carbonyl (C=O) groups excluding carboxylic acids is 3. The summed E-state index contributed by atoms with van der Waals surface area (Å²) in [7, 11) is 6.03. The van der Waals surface area contributed by atoms with Gasteiger partial charge in [-0.1, -0.05) is 18.2 Å². The van der Waals surface area contributed by atoms with E-state index in [2.05, 4.69) is 0 Å². The number of Topliss-reactive ketones (excluding diaryl/α,β-unsaturated/α-hetero) is 1. The Labute approximate surface area is 234 Å². The standard InChI is InChI=1S/C31H36O9/c1-18-10-9-13-20(32)12-8-6-7-11-19-16-24-27(30(38-5)26(19)31(34)39-18)22(17-25(33)40-24)21-14-15-23(35-2)29(37-4)28(21)36-3/h7,11,14-16,18,22H,6,8-10,12-13,17H2,1-5H3/t18-,22?/m0/s1. The van der Waals surface area contributed by atoms with Crippen molar-refractivity contribution in [3.63, 3.8) is 0 Å². The number of benzene rings is 2. The number of cyclic esters (lactones) is 1. The predicted molar refractivity (Wildman–Crippen MR) is 148 cm³/mol. The number of esters is 2. The molecule has 2 aromatic carbocycles. The maximum absolute atomic E-state index is 13.7. The van der Waals surface area contributed by atoms with Gasteiger partial charge in [0.2, 0.25) is 5.75 Å². The van der Waals surface area contributed by atoms with Crippen LogP contribution in [0.15, 0.2) is 24.3 Å². The number of allylic oxidation sites excluding steroid dienone is 1. The van der Waals surface area contributed by atoms with E-state index < -0.39 is 24.0 Å². The first kappa shape index (κ1) is 29.0. The minimum atomic E-state index is -0.570. The quantitative estimate of drug-likeness (QED) is 0.344. The van der Waals surface area contributed by atoms with Crippen molar-refractivity contribution in [3.05, 3.63) is 46.5 Å². The number of fused-ring (bicyclic) bond motifs is 2. The molecule has 1 unspecified atom stereocenters. The molecule has 2 atom stereocenters. The molecule has 0 aliphatic carbocycles. The summed E-state index contributed by atoms with van der Waals surface area (Å²) in [6.07, 6.45) is 6.83. The lowest BCUT2D eigenvalue weighted by Crippen LogP contribution is -2.24. The van der Waals surface area contributed by atoms with Gasteiger partial charge in [-0.25, -0.2) is 4.79 Å². The van der Waals surface area contributed by atoms with Crippen molar-refractivity contribution < 1.29 is 42.8 Å². The van der Waals surface area contributed by atoms with E-state index in [4.69, 9.17) is 28.4 Å². The molecule has 0 fully saturated rings. The van der Waals surface area contributed by atoms with Gasteiger partial charge in [-0.2, -0.15) is 0 Å². The molecule has 2 aliphatic heterocycles. The van der Waals surface area contributed by atoms with Crippen molar-refractivity contribution in [1.82, 2.24) is 0 Å². The maximum Gasteiger partial charge on any atom is 0.342 e. The monoisotopic (exact) mass is 552 g/mol. The van der Waals surface area contributed by atoms with E-state index in [1.807, 2.05) is 13.0 Å². The highest BCUT2D eigenvalue weighted by Crippen LogP contribution is 2.52. The van der Waals surface area contributed by atoms with Crippen molar-refractivity contribution >= 4 is 23.8 Å².